The van der Waals surface area contributed by atoms with Crippen molar-refractivity contribution in [1.29, 1.82) is 0 Å². The number of aryl methyl sites for hydroxylation is 1. The zero-order valence-electron chi connectivity index (χ0n) is 10.8. The number of piperidine rings is 1. The molecule has 1 atom stereocenters. The number of rotatable bonds is 2. The number of anilines is 1. The number of benzene rings is 1. The van der Waals surface area contributed by atoms with E-state index in [1.165, 1.54) is 6.07 Å². The molecule has 1 aliphatic heterocycles. The minimum atomic E-state index is -0.588. The van der Waals surface area contributed by atoms with Crippen LogP contribution in [0.3, 0.4) is 0 Å². The summed E-state index contributed by atoms with van der Waals surface area (Å²) >= 11 is 0. The summed E-state index contributed by atoms with van der Waals surface area (Å²) < 4.78 is 13.7. The van der Waals surface area contributed by atoms with Crippen LogP contribution in [0.25, 0.3) is 0 Å². The molecule has 3 nitrogen and oxygen atoms in total. The molecule has 2 rings (SSSR count). The third kappa shape index (κ3) is 2.70. The first-order valence-electron chi connectivity index (χ1n) is 6.34. The molecule has 1 aromatic rings. The van der Waals surface area contributed by atoms with Crippen LogP contribution in [0.5, 0.6) is 0 Å². The second-order valence-corrected chi connectivity index (χ2v) is 5.15. The van der Waals surface area contributed by atoms with Gasteiger partial charge in [0.1, 0.15) is 5.82 Å². The smallest absolute Gasteiger partial charge is 0.244 e. The van der Waals surface area contributed by atoms with Gasteiger partial charge in [0.2, 0.25) is 5.91 Å². The fourth-order valence-corrected chi connectivity index (χ4v) is 2.23. The summed E-state index contributed by atoms with van der Waals surface area (Å²) in [6.45, 7) is 4.52. The van der Waals surface area contributed by atoms with Gasteiger partial charge in [-0.3, -0.25) is 4.79 Å². The molecule has 1 saturated heterocycles. The molecule has 4 heteroatoms. The van der Waals surface area contributed by atoms with Gasteiger partial charge in [-0.2, -0.15) is 0 Å². The van der Waals surface area contributed by atoms with E-state index in [9.17, 15) is 9.18 Å². The Balaban J connectivity index is 2.11. The van der Waals surface area contributed by atoms with Gasteiger partial charge in [-0.25, -0.2) is 4.39 Å². The number of hydrogen-bond acceptors (Lipinski definition) is 2. The van der Waals surface area contributed by atoms with Crippen molar-refractivity contribution in [3.05, 3.63) is 29.6 Å². The largest absolute Gasteiger partial charge is 0.322 e. The lowest BCUT2D eigenvalue weighted by Crippen LogP contribution is -2.54. The predicted octanol–water partition coefficient (Wildman–Crippen LogP) is 2.60. The van der Waals surface area contributed by atoms with Crippen LogP contribution in [0.4, 0.5) is 10.1 Å². The minimum absolute atomic E-state index is 0.162. The van der Waals surface area contributed by atoms with Gasteiger partial charge < -0.3 is 10.6 Å². The summed E-state index contributed by atoms with van der Waals surface area (Å²) in [5.41, 5.74) is 0.502. The highest BCUT2D eigenvalue weighted by Gasteiger charge is 2.34. The second kappa shape index (κ2) is 5.06. The van der Waals surface area contributed by atoms with Gasteiger partial charge in [-0.15, -0.1) is 0 Å². The van der Waals surface area contributed by atoms with Gasteiger partial charge in [0.05, 0.1) is 11.2 Å². The predicted molar refractivity (Wildman–Crippen MR) is 70.0 cm³/mol. The highest BCUT2D eigenvalue weighted by atomic mass is 19.1. The Bertz CT molecular complexity index is 453. The van der Waals surface area contributed by atoms with E-state index < -0.39 is 5.54 Å². The van der Waals surface area contributed by atoms with E-state index in [2.05, 4.69) is 10.6 Å². The van der Waals surface area contributed by atoms with Crippen LogP contribution in [0.1, 0.15) is 31.7 Å². The van der Waals surface area contributed by atoms with Gasteiger partial charge in [0.15, 0.2) is 0 Å². The van der Waals surface area contributed by atoms with Crippen molar-refractivity contribution in [3.8, 4) is 0 Å². The topological polar surface area (TPSA) is 41.1 Å². The molecule has 0 radical (unpaired) electrons. The molecule has 0 aromatic heterocycles. The van der Waals surface area contributed by atoms with Gasteiger partial charge in [-0.1, -0.05) is 6.07 Å². The molecule has 1 amide bonds. The molecular formula is C14H19FN2O. The molecule has 1 heterocycles. The Morgan fingerprint density at radius 1 is 1.44 bits per heavy atom. The summed E-state index contributed by atoms with van der Waals surface area (Å²) in [7, 11) is 0. The quantitative estimate of drug-likeness (QED) is 0.847. The summed E-state index contributed by atoms with van der Waals surface area (Å²) in [6.07, 6.45) is 2.89. The number of carbonyl (C=O) groups excluding carboxylic acids is 1. The molecule has 1 aliphatic rings. The molecule has 18 heavy (non-hydrogen) atoms. The van der Waals surface area contributed by atoms with E-state index in [0.717, 1.165) is 31.4 Å². The lowest BCUT2D eigenvalue weighted by molar-refractivity contribution is -0.122. The number of nitrogens with one attached hydrogen (secondary N) is 2. The average molecular weight is 250 g/mol. The highest BCUT2D eigenvalue weighted by molar-refractivity contribution is 5.98. The van der Waals surface area contributed by atoms with E-state index in [1.54, 1.807) is 12.1 Å². The van der Waals surface area contributed by atoms with Crippen molar-refractivity contribution >= 4 is 11.6 Å². The number of halogens is 1. The van der Waals surface area contributed by atoms with Crippen molar-refractivity contribution in [2.75, 3.05) is 11.9 Å². The van der Waals surface area contributed by atoms with Crippen LogP contribution in [0.15, 0.2) is 18.2 Å². The number of carbonyl (C=O) groups is 1. The van der Waals surface area contributed by atoms with Crippen LogP contribution >= 0.6 is 0 Å². The van der Waals surface area contributed by atoms with Crippen LogP contribution < -0.4 is 10.6 Å². The first-order chi connectivity index (χ1) is 8.51. The molecule has 0 saturated carbocycles. The van der Waals surface area contributed by atoms with Crippen molar-refractivity contribution in [2.45, 2.75) is 38.6 Å². The Hall–Kier alpha value is -1.42. The third-order valence-corrected chi connectivity index (χ3v) is 3.49. The Kier molecular flexibility index (Phi) is 3.66. The molecule has 0 bridgehead atoms. The third-order valence-electron chi connectivity index (χ3n) is 3.49. The Labute approximate surface area is 107 Å². The summed E-state index contributed by atoms with van der Waals surface area (Å²) in [5, 5.41) is 5.88. The van der Waals surface area contributed by atoms with Crippen molar-refractivity contribution in [3.63, 3.8) is 0 Å². The monoisotopic (exact) mass is 250 g/mol. The maximum Gasteiger partial charge on any atom is 0.244 e. The fraction of sp³-hybridized carbons (Fsp3) is 0.500. The maximum atomic E-state index is 13.7. The molecule has 1 fully saturated rings. The second-order valence-electron chi connectivity index (χ2n) is 5.15. The minimum Gasteiger partial charge on any atom is -0.322 e. The van der Waals surface area contributed by atoms with Crippen molar-refractivity contribution in [1.82, 2.24) is 5.32 Å². The lowest BCUT2D eigenvalue weighted by atomic mass is 9.90. The first kappa shape index (κ1) is 13.0. The average Bonchev–Trinajstić information content (AvgIpc) is 2.33. The zero-order chi connectivity index (χ0) is 13.2. The molecule has 2 N–H and O–H groups in total. The van der Waals surface area contributed by atoms with Crippen molar-refractivity contribution in [2.24, 2.45) is 0 Å². The maximum absolute atomic E-state index is 13.7. The molecule has 1 aromatic carbocycles. The zero-order valence-corrected chi connectivity index (χ0v) is 10.8. The normalized spacial score (nSPS) is 23.7. The number of amides is 1. The van der Waals surface area contributed by atoms with E-state index in [4.69, 9.17) is 0 Å². The van der Waals surface area contributed by atoms with Crippen molar-refractivity contribution < 1.29 is 9.18 Å². The summed E-state index contributed by atoms with van der Waals surface area (Å²) in [6, 6.07) is 4.82. The number of hydrogen-bond donors (Lipinski definition) is 2. The first-order valence-corrected chi connectivity index (χ1v) is 6.34. The van der Waals surface area contributed by atoms with Crippen LogP contribution in [0, 0.1) is 12.7 Å². The van der Waals surface area contributed by atoms with Gasteiger partial charge in [-0.05, 0) is 57.4 Å². The van der Waals surface area contributed by atoms with E-state index in [-0.39, 0.29) is 17.4 Å². The highest BCUT2D eigenvalue weighted by Crippen LogP contribution is 2.22. The van der Waals surface area contributed by atoms with Gasteiger partial charge in [0.25, 0.3) is 0 Å². The molecule has 1 unspecified atom stereocenters. The van der Waals surface area contributed by atoms with Gasteiger partial charge in [0, 0.05) is 0 Å². The Morgan fingerprint density at radius 2 is 2.22 bits per heavy atom. The molecule has 0 spiro atoms. The summed E-state index contributed by atoms with van der Waals surface area (Å²) in [4.78, 5) is 12.2. The molecule has 98 valence electrons. The standard InChI is InChI=1S/C14H19FN2O/c1-10-5-6-12(11(15)9-10)17-13(18)14(2)7-3-4-8-16-14/h5-6,9,16H,3-4,7-8H2,1-2H3,(H,17,18). The Morgan fingerprint density at radius 3 is 2.83 bits per heavy atom. The van der Waals surface area contributed by atoms with Crippen LogP contribution in [-0.2, 0) is 4.79 Å². The fourth-order valence-electron chi connectivity index (χ4n) is 2.23. The summed E-state index contributed by atoms with van der Waals surface area (Å²) in [5.74, 6) is -0.548. The van der Waals surface area contributed by atoms with Crippen LogP contribution in [-0.4, -0.2) is 18.0 Å². The molecular weight excluding hydrogens is 231 g/mol. The van der Waals surface area contributed by atoms with E-state index in [0.29, 0.717) is 0 Å². The van der Waals surface area contributed by atoms with Gasteiger partial charge >= 0.3 is 0 Å². The SMILES string of the molecule is Cc1ccc(NC(=O)C2(C)CCCCN2)c(F)c1. The van der Waals surface area contributed by atoms with Crippen LogP contribution in [0.2, 0.25) is 0 Å². The van der Waals surface area contributed by atoms with E-state index in [1.807, 2.05) is 13.8 Å². The molecule has 0 aliphatic carbocycles. The van der Waals surface area contributed by atoms with E-state index >= 15 is 0 Å². The lowest BCUT2D eigenvalue weighted by Gasteiger charge is -2.33.